The van der Waals surface area contributed by atoms with Gasteiger partial charge in [-0.25, -0.2) is 13.6 Å². The second-order valence-electron chi connectivity index (χ2n) is 6.99. The van der Waals surface area contributed by atoms with Crippen molar-refractivity contribution in [1.82, 2.24) is 10.2 Å². The number of halogens is 3. The van der Waals surface area contributed by atoms with Crippen LogP contribution in [0.5, 0.6) is 0 Å². The van der Waals surface area contributed by atoms with E-state index in [1.54, 1.807) is 49.5 Å². The third kappa shape index (κ3) is 4.13. The van der Waals surface area contributed by atoms with Gasteiger partial charge in [0.15, 0.2) is 11.6 Å². The van der Waals surface area contributed by atoms with Crippen LogP contribution in [0.4, 0.5) is 25.8 Å². The number of carbonyl (C=O) groups is 2. The number of carboxylic acids is 1. The van der Waals surface area contributed by atoms with Crippen LogP contribution >= 0.6 is 22.6 Å². The molecule has 1 aromatic heterocycles. The molecule has 4 rings (SSSR count). The van der Waals surface area contributed by atoms with Gasteiger partial charge in [-0.05, 0) is 77.5 Å². The summed E-state index contributed by atoms with van der Waals surface area (Å²) in [5.41, 5.74) is 0.203. The SMILES string of the molecule is Cc1cc(I)ccc1Nc1c(C(=O)O)cc(C(=O)Nc2ccc3cn[nH]c3c2)c(F)c1F. The van der Waals surface area contributed by atoms with Crippen molar-refractivity contribution >= 4 is 62.4 Å². The molecule has 7 nitrogen and oxygen atoms in total. The maximum absolute atomic E-state index is 14.9. The van der Waals surface area contributed by atoms with E-state index in [0.29, 0.717) is 22.5 Å². The summed E-state index contributed by atoms with van der Waals surface area (Å²) >= 11 is 2.10. The molecular formula is C22H15F2IN4O3. The molecule has 1 amide bonds. The molecule has 0 bridgehead atoms. The van der Waals surface area contributed by atoms with E-state index in [2.05, 4.69) is 43.4 Å². The average molecular weight is 548 g/mol. The quantitative estimate of drug-likeness (QED) is 0.248. The van der Waals surface area contributed by atoms with Crippen LogP contribution in [0.15, 0.2) is 48.7 Å². The average Bonchev–Trinajstić information content (AvgIpc) is 3.20. The lowest BCUT2D eigenvalue weighted by atomic mass is 10.0. The van der Waals surface area contributed by atoms with Crippen LogP contribution in [0, 0.1) is 22.1 Å². The fraction of sp³-hybridized carbons (Fsp3) is 0.0455. The summed E-state index contributed by atoms with van der Waals surface area (Å²) in [7, 11) is 0. The lowest BCUT2D eigenvalue weighted by molar-refractivity contribution is 0.0697. The van der Waals surface area contributed by atoms with Crippen LogP contribution in [-0.4, -0.2) is 27.2 Å². The maximum atomic E-state index is 14.9. The summed E-state index contributed by atoms with van der Waals surface area (Å²) < 4.78 is 30.7. The molecule has 4 N–H and O–H groups in total. The number of carbonyl (C=O) groups excluding carboxylic acids is 1. The Morgan fingerprint density at radius 1 is 1.06 bits per heavy atom. The molecule has 0 spiro atoms. The molecule has 10 heteroatoms. The van der Waals surface area contributed by atoms with Crippen molar-refractivity contribution in [3.05, 3.63) is 80.6 Å². The zero-order valence-electron chi connectivity index (χ0n) is 16.5. The normalized spacial score (nSPS) is 10.9. The van der Waals surface area contributed by atoms with Crippen molar-refractivity contribution in [3.8, 4) is 0 Å². The zero-order chi connectivity index (χ0) is 23.0. The van der Waals surface area contributed by atoms with E-state index < -0.39 is 40.3 Å². The topological polar surface area (TPSA) is 107 Å². The van der Waals surface area contributed by atoms with Crippen LogP contribution in [0.3, 0.4) is 0 Å². The van der Waals surface area contributed by atoms with Gasteiger partial charge in [-0.2, -0.15) is 5.10 Å². The van der Waals surface area contributed by atoms with E-state index in [1.807, 2.05) is 0 Å². The Hall–Kier alpha value is -3.54. The standard InChI is InChI=1S/C22H15F2IN4O3/c1-10-6-12(25)3-5-16(10)28-20-15(22(31)32)8-14(18(23)19(20)24)21(30)27-13-4-2-11-9-26-29-17(11)7-13/h2-9,28H,1H3,(H,26,29)(H,27,30)(H,31,32). The van der Waals surface area contributed by atoms with Gasteiger partial charge < -0.3 is 15.7 Å². The molecule has 1 heterocycles. The number of benzene rings is 3. The smallest absolute Gasteiger partial charge is 0.337 e. The molecule has 0 saturated carbocycles. The molecule has 0 unspecified atom stereocenters. The van der Waals surface area contributed by atoms with Crippen molar-refractivity contribution in [2.24, 2.45) is 0 Å². The fourth-order valence-corrected chi connectivity index (χ4v) is 3.84. The van der Waals surface area contributed by atoms with E-state index in [9.17, 15) is 23.5 Å². The Labute approximate surface area is 194 Å². The van der Waals surface area contributed by atoms with Gasteiger partial charge in [0.2, 0.25) is 0 Å². The Kier molecular flexibility index (Phi) is 5.78. The summed E-state index contributed by atoms with van der Waals surface area (Å²) in [6, 6.07) is 10.8. The number of aromatic carboxylic acids is 1. The number of aromatic amines is 1. The molecule has 3 aromatic carbocycles. The number of aryl methyl sites for hydroxylation is 1. The number of anilines is 3. The molecule has 0 fully saturated rings. The number of carboxylic acid groups (broad SMARTS) is 1. The lowest BCUT2D eigenvalue weighted by Gasteiger charge is -2.16. The third-order valence-electron chi connectivity index (χ3n) is 4.83. The van der Waals surface area contributed by atoms with Crippen molar-refractivity contribution in [2.75, 3.05) is 10.6 Å². The second kappa shape index (κ2) is 8.54. The number of nitrogens with one attached hydrogen (secondary N) is 3. The molecule has 32 heavy (non-hydrogen) atoms. The third-order valence-corrected chi connectivity index (χ3v) is 5.50. The van der Waals surface area contributed by atoms with E-state index in [4.69, 9.17) is 0 Å². The van der Waals surface area contributed by atoms with Gasteiger partial charge in [0, 0.05) is 20.3 Å². The lowest BCUT2D eigenvalue weighted by Crippen LogP contribution is -2.18. The van der Waals surface area contributed by atoms with Gasteiger partial charge in [-0.3, -0.25) is 9.89 Å². The van der Waals surface area contributed by atoms with E-state index >= 15 is 0 Å². The number of amides is 1. The highest BCUT2D eigenvalue weighted by atomic mass is 127. The Bertz CT molecular complexity index is 1390. The van der Waals surface area contributed by atoms with E-state index in [0.717, 1.165) is 15.0 Å². The molecule has 0 radical (unpaired) electrons. The summed E-state index contributed by atoms with van der Waals surface area (Å²) in [6.07, 6.45) is 1.59. The zero-order valence-corrected chi connectivity index (χ0v) is 18.6. The van der Waals surface area contributed by atoms with Crippen molar-refractivity contribution in [2.45, 2.75) is 6.92 Å². The minimum atomic E-state index is -1.51. The number of hydrogen-bond acceptors (Lipinski definition) is 4. The van der Waals surface area contributed by atoms with Crippen molar-refractivity contribution < 1.29 is 23.5 Å². The minimum absolute atomic E-state index is 0.306. The van der Waals surface area contributed by atoms with Crippen LogP contribution in [0.25, 0.3) is 10.9 Å². The molecule has 0 aliphatic rings. The van der Waals surface area contributed by atoms with Gasteiger partial charge in [-0.15, -0.1) is 0 Å². The first kappa shape index (κ1) is 21.7. The molecule has 0 aliphatic heterocycles. The van der Waals surface area contributed by atoms with Gasteiger partial charge >= 0.3 is 5.97 Å². The maximum Gasteiger partial charge on any atom is 0.337 e. The fourth-order valence-electron chi connectivity index (χ4n) is 3.20. The number of H-pyrrole nitrogens is 1. The Morgan fingerprint density at radius 2 is 1.84 bits per heavy atom. The highest BCUT2D eigenvalue weighted by Gasteiger charge is 2.26. The summed E-state index contributed by atoms with van der Waals surface area (Å²) in [6.45, 7) is 1.75. The predicted molar refractivity (Wildman–Crippen MR) is 125 cm³/mol. The first-order valence-electron chi connectivity index (χ1n) is 9.27. The highest BCUT2D eigenvalue weighted by molar-refractivity contribution is 14.1. The van der Waals surface area contributed by atoms with Gasteiger partial charge in [0.1, 0.15) is 0 Å². The summed E-state index contributed by atoms with van der Waals surface area (Å²) in [5, 5.41) is 22.1. The number of hydrogen-bond donors (Lipinski definition) is 4. The molecular weight excluding hydrogens is 533 g/mol. The van der Waals surface area contributed by atoms with Crippen molar-refractivity contribution in [1.29, 1.82) is 0 Å². The van der Waals surface area contributed by atoms with Crippen molar-refractivity contribution in [3.63, 3.8) is 0 Å². The highest BCUT2D eigenvalue weighted by Crippen LogP contribution is 2.31. The molecule has 0 aliphatic carbocycles. The van der Waals surface area contributed by atoms with Crippen LogP contribution in [0.2, 0.25) is 0 Å². The summed E-state index contributed by atoms with van der Waals surface area (Å²) in [5.74, 6) is -5.42. The van der Waals surface area contributed by atoms with E-state index in [1.165, 1.54) is 0 Å². The van der Waals surface area contributed by atoms with Gasteiger partial charge in [-0.1, -0.05) is 0 Å². The van der Waals surface area contributed by atoms with Gasteiger partial charge in [0.25, 0.3) is 5.91 Å². The number of nitrogens with zero attached hydrogens (tertiary/aromatic N) is 1. The van der Waals surface area contributed by atoms with E-state index in [-0.39, 0.29) is 0 Å². The number of aromatic nitrogens is 2. The van der Waals surface area contributed by atoms with Gasteiger partial charge in [0.05, 0.1) is 28.5 Å². The number of rotatable bonds is 5. The van der Waals surface area contributed by atoms with Crippen LogP contribution in [0.1, 0.15) is 26.3 Å². The molecule has 162 valence electrons. The monoisotopic (exact) mass is 548 g/mol. The predicted octanol–water partition coefficient (Wildman–Crippen LogP) is 5.45. The second-order valence-corrected chi connectivity index (χ2v) is 8.24. The number of fused-ring (bicyclic) bond motifs is 1. The first-order valence-corrected chi connectivity index (χ1v) is 10.4. The molecule has 0 saturated heterocycles. The molecule has 4 aromatic rings. The summed E-state index contributed by atoms with van der Waals surface area (Å²) in [4.78, 5) is 24.4. The first-order chi connectivity index (χ1) is 15.2. The Morgan fingerprint density at radius 3 is 2.56 bits per heavy atom. The molecule has 0 atom stereocenters. The largest absolute Gasteiger partial charge is 0.478 e. The van der Waals surface area contributed by atoms with Crippen LogP contribution < -0.4 is 10.6 Å². The Balaban J connectivity index is 1.71. The van der Waals surface area contributed by atoms with Crippen LogP contribution in [-0.2, 0) is 0 Å². The minimum Gasteiger partial charge on any atom is -0.478 e.